The molecular weight excluding hydrogens is 288 g/mol. The van der Waals surface area contributed by atoms with Crippen molar-refractivity contribution in [2.24, 2.45) is 5.92 Å². The van der Waals surface area contributed by atoms with Gasteiger partial charge >= 0.3 is 11.4 Å². The summed E-state index contributed by atoms with van der Waals surface area (Å²) in [6.07, 6.45) is 0. The molecule has 0 aromatic heterocycles. The maximum absolute atomic E-state index is 11.0. The first-order valence-electron chi connectivity index (χ1n) is 7.28. The van der Waals surface area contributed by atoms with E-state index in [1.807, 2.05) is 4.90 Å². The van der Waals surface area contributed by atoms with E-state index in [2.05, 4.69) is 18.7 Å². The van der Waals surface area contributed by atoms with Crippen molar-refractivity contribution in [3.05, 3.63) is 38.4 Å². The number of hydrogen-bond donors (Lipinski definition) is 0. The molecule has 22 heavy (non-hydrogen) atoms. The number of anilines is 1. The first-order valence-corrected chi connectivity index (χ1v) is 7.28. The zero-order valence-corrected chi connectivity index (χ0v) is 12.8. The van der Waals surface area contributed by atoms with E-state index in [9.17, 15) is 20.2 Å². The van der Waals surface area contributed by atoms with Gasteiger partial charge in [-0.3, -0.25) is 25.1 Å². The fraction of sp³-hybridized carbons (Fsp3) is 0.571. The molecule has 0 amide bonds. The van der Waals surface area contributed by atoms with Crippen molar-refractivity contribution in [1.29, 1.82) is 0 Å². The number of piperazine rings is 1. The Morgan fingerprint density at radius 3 is 2.14 bits per heavy atom. The summed E-state index contributed by atoms with van der Waals surface area (Å²) >= 11 is 0. The first-order chi connectivity index (χ1) is 10.4. The largest absolute Gasteiger partial charge is 0.369 e. The maximum Gasteiger partial charge on any atom is 0.348 e. The molecule has 1 saturated heterocycles. The van der Waals surface area contributed by atoms with Gasteiger partial charge in [-0.15, -0.1) is 0 Å². The van der Waals surface area contributed by atoms with Gasteiger partial charge in [0.1, 0.15) is 0 Å². The summed E-state index contributed by atoms with van der Waals surface area (Å²) in [6, 6.07) is 4.10. The van der Waals surface area contributed by atoms with E-state index in [-0.39, 0.29) is 0 Å². The lowest BCUT2D eigenvalue weighted by atomic mass is 10.1. The molecule has 1 aliphatic rings. The van der Waals surface area contributed by atoms with Crippen LogP contribution in [0.3, 0.4) is 0 Å². The van der Waals surface area contributed by atoms with Gasteiger partial charge in [-0.1, -0.05) is 13.8 Å². The smallest absolute Gasteiger partial charge is 0.348 e. The number of rotatable bonds is 5. The van der Waals surface area contributed by atoms with Crippen molar-refractivity contribution >= 4 is 17.1 Å². The van der Waals surface area contributed by atoms with Crippen LogP contribution in [0.2, 0.25) is 0 Å². The molecule has 8 heteroatoms. The van der Waals surface area contributed by atoms with Gasteiger partial charge < -0.3 is 4.90 Å². The molecule has 1 aromatic carbocycles. The van der Waals surface area contributed by atoms with Crippen molar-refractivity contribution in [3.63, 3.8) is 0 Å². The number of nitro benzene ring substituents is 2. The minimum absolute atomic E-state index is 0.452. The maximum atomic E-state index is 11.0. The van der Waals surface area contributed by atoms with E-state index >= 15 is 0 Å². The Kier molecular flexibility index (Phi) is 4.92. The second-order valence-electron chi connectivity index (χ2n) is 5.87. The minimum atomic E-state index is -0.720. The monoisotopic (exact) mass is 308 g/mol. The Morgan fingerprint density at radius 2 is 1.64 bits per heavy atom. The molecule has 0 aliphatic carbocycles. The van der Waals surface area contributed by atoms with Crippen molar-refractivity contribution in [2.75, 3.05) is 37.6 Å². The third-order valence-electron chi connectivity index (χ3n) is 3.71. The third-order valence-corrected chi connectivity index (χ3v) is 3.71. The summed E-state index contributed by atoms with van der Waals surface area (Å²) in [5.41, 5.74) is -0.249. The minimum Gasteiger partial charge on any atom is -0.369 e. The van der Waals surface area contributed by atoms with Gasteiger partial charge in [0.05, 0.1) is 9.85 Å². The Morgan fingerprint density at radius 1 is 1.05 bits per heavy atom. The molecule has 0 spiro atoms. The number of hydrogen-bond acceptors (Lipinski definition) is 6. The second kappa shape index (κ2) is 6.69. The van der Waals surface area contributed by atoms with Crippen LogP contribution in [-0.2, 0) is 0 Å². The van der Waals surface area contributed by atoms with Gasteiger partial charge in [-0.25, -0.2) is 0 Å². The Hall–Kier alpha value is -2.22. The lowest BCUT2D eigenvalue weighted by molar-refractivity contribution is -0.422. The van der Waals surface area contributed by atoms with Crippen LogP contribution in [0.15, 0.2) is 18.2 Å². The summed E-state index contributed by atoms with van der Waals surface area (Å²) in [7, 11) is 0. The molecule has 0 N–H and O–H groups in total. The Labute approximate surface area is 128 Å². The molecule has 1 aromatic rings. The topological polar surface area (TPSA) is 92.8 Å². The van der Waals surface area contributed by atoms with E-state index in [1.165, 1.54) is 12.1 Å². The molecule has 1 heterocycles. The van der Waals surface area contributed by atoms with Crippen molar-refractivity contribution in [3.8, 4) is 0 Å². The fourth-order valence-electron chi connectivity index (χ4n) is 2.71. The van der Waals surface area contributed by atoms with Gasteiger partial charge in [0.25, 0.3) is 0 Å². The predicted octanol–water partition coefficient (Wildman–Crippen LogP) is 2.28. The Balaban J connectivity index is 2.12. The van der Waals surface area contributed by atoms with E-state index in [4.69, 9.17) is 0 Å². The van der Waals surface area contributed by atoms with E-state index in [0.717, 1.165) is 32.7 Å². The molecule has 0 unspecified atom stereocenters. The van der Waals surface area contributed by atoms with Crippen LogP contribution < -0.4 is 4.90 Å². The normalized spacial score (nSPS) is 16.0. The third kappa shape index (κ3) is 3.70. The number of benzene rings is 1. The standard InChI is InChI=1S/C14H20N4O4/c1-11(2)10-15-5-7-16(8-6-15)12-3-4-13(17(19)20)14(9-12)18(21)22/h3-4,9,11H,5-8,10H2,1-2H3. The molecule has 120 valence electrons. The molecule has 8 nitrogen and oxygen atoms in total. The van der Waals surface area contributed by atoms with E-state index in [1.54, 1.807) is 6.07 Å². The van der Waals surface area contributed by atoms with Crippen LogP contribution in [0.5, 0.6) is 0 Å². The van der Waals surface area contributed by atoms with Crippen LogP contribution in [0.4, 0.5) is 17.1 Å². The highest BCUT2D eigenvalue weighted by Gasteiger charge is 2.26. The summed E-state index contributed by atoms with van der Waals surface area (Å²) in [6.45, 7) is 8.70. The zero-order valence-electron chi connectivity index (χ0n) is 12.8. The number of nitrogens with zero attached hydrogens (tertiary/aromatic N) is 4. The number of nitro groups is 2. The summed E-state index contributed by atoms with van der Waals surface area (Å²) < 4.78 is 0. The molecule has 1 fully saturated rings. The molecule has 2 rings (SSSR count). The first kappa shape index (κ1) is 16.2. The van der Waals surface area contributed by atoms with Crippen LogP contribution in [-0.4, -0.2) is 47.5 Å². The van der Waals surface area contributed by atoms with E-state index < -0.39 is 21.2 Å². The summed E-state index contributed by atoms with van der Waals surface area (Å²) in [5.74, 6) is 0.604. The van der Waals surface area contributed by atoms with Crippen LogP contribution in [0.1, 0.15) is 13.8 Å². The lowest BCUT2D eigenvalue weighted by Gasteiger charge is -2.36. The molecule has 0 saturated carbocycles. The van der Waals surface area contributed by atoms with Crippen molar-refractivity contribution < 1.29 is 9.85 Å². The lowest BCUT2D eigenvalue weighted by Crippen LogP contribution is -2.47. The van der Waals surface area contributed by atoms with Gasteiger partial charge in [0, 0.05) is 50.5 Å². The summed E-state index contributed by atoms with van der Waals surface area (Å²) in [5, 5.41) is 21.8. The highest BCUT2D eigenvalue weighted by Crippen LogP contribution is 2.31. The van der Waals surface area contributed by atoms with Crippen LogP contribution in [0.25, 0.3) is 0 Å². The molecular formula is C14H20N4O4. The van der Waals surface area contributed by atoms with E-state index in [0.29, 0.717) is 11.6 Å². The average Bonchev–Trinajstić information content (AvgIpc) is 2.46. The van der Waals surface area contributed by atoms with Gasteiger partial charge in [0.2, 0.25) is 0 Å². The zero-order chi connectivity index (χ0) is 16.3. The quantitative estimate of drug-likeness (QED) is 0.612. The predicted molar refractivity (Wildman–Crippen MR) is 83.2 cm³/mol. The molecule has 0 atom stereocenters. The van der Waals surface area contributed by atoms with Gasteiger partial charge in [0.15, 0.2) is 0 Å². The van der Waals surface area contributed by atoms with Crippen molar-refractivity contribution in [1.82, 2.24) is 4.90 Å². The summed E-state index contributed by atoms with van der Waals surface area (Å²) in [4.78, 5) is 24.8. The SMILES string of the molecule is CC(C)CN1CCN(c2ccc([N+](=O)[O-])c([N+](=O)[O-])c2)CC1. The van der Waals surface area contributed by atoms with Crippen LogP contribution in [0, 0.1) is 26.1 Å². The molecule has 1 aliphatic heterocycles. The highest BCUT2D eigenvalue weighted by molar-refractivity contribution is 5.63. The highest BCUT2D eigenvalue weighted by atomic mass is 16.6. The van der Waals surface area contributed by atoms with Crippen LogP contribution >= 0.6 is 0 Å². The molecule has 0 radical (unpaired) electrons. The fourth-order valence-corrected chi connectivity index (χ4v) is 2.71. The van der Waals surface area contributed by atoms with Gasteiger partial charge in [-0.05, 0) is 12.0 Å². The van der Waals surface area contributed by atoms with Crippen molar-refractivity contribution in [2.45, 2.75) is 13.8 Å². The average molecular weight is 308 g/mol. The second-order valence-corrected chi connectivity index (χ2v) is 5.87. The Bertz CT molecular complexity index is 568. The molecule has 0 bridgehead atoms. The van der Waals surface area contributed by atoms with Gasteiger partial charge in [-0.2, -0.15) is 0 Å².